The molecule has 1 aromatic heterocycles. The SMILES string of the molecule is Cc1ccc(S(=O)(=O)Nc2ccccc2-c2nn[nH]n2)cc1. The van der Waals surface area contributed by atoms with Gasteiger partial charge in [-0.25, -0.2) is 8.42 Å². The number of hydrogen-bond acceptors (Lipinski definition) is 5. The third-order valence-corrected chi connectivity index (χ3v) is 4.47. The number of aromatic amines is 1. The van der Waals surface area contributed by atoms with E-state index >= 15 is 0 Å². The molecule has 22 heavy (non-hydrogen) atoms. The lowest BCUT2D eigenvalue weighted by Gasteiger charge is -2.11. The molecule has 0 bridgehead atoms. The first-order valence-corrected chi connectivity index (χ1v) is 7.97. The fourth-order valence-electron chi connectivity index (χ4n) is 1.96. The quantitative estimate of drug-likeness (QED) is 0.766. The standard InChI is InChI=1S/C14H13N5O2S/c1-10-6-8-11(9-7-10)22(20,21)17-13-5-3-2-4-12(13)14-15-18-19-16-14/h2-9,17H,1H3,(H,15,16,18,19). The van der Waals surface area contributed by atoms with E-state index in [4.69, 9.17) is 0 Å². The van der Waals surface area contributed by atoms with E-state index in [2.05, 4.69) is 25.3 Å². The van der Waals surface area contributed by atoms with Gasteiger partial charge in [-0.1, -0.05) is 29.8 Å². The second-order valence-corrected chi connectivity index (χ2v) is 6.38. The van der Waals surface area contributed by atoms with Crippen LogP contribution in [0.25, 0.3) is 11.4 Å². The van der Waals surface area contributed by atoms with Crippen molar-refractivity contribution in [2.45, 2.75) is 11.8 Å². The molecule has 0 amide bonds. The molecular weight excluding hydrogens is 302 g/mol. The van der Waals surface area contributed by atoms with Crippen molar-refractivity contribution in [3.05, 3.63) is 54.1 Å². The van der Waals surface area contributed by atoms with Crippen molar-refractivity contribution in [3.63, 3.8) is 0 Å². The van der Waals surface area contributed by atoms with Crippen molar-refractivity contribution in [2.24, 2.45) is 0 Å². The Hall–Kier alpha value is -2.74. The summed E-state index contributed by atoms with van der Waals surface area (Å²) < 4.78 is 27.5. The number of sulfonamides is 1. The average molecular weight is 315 g/mol. The summed E-state index contributed by atoms with van der Waals surface area (Å²) >= 11 is 0. The van der Waals surface area contributed by atoms with E-state index in [9.17, 15) is 8.42 Å². The topological polar surface area (TPSA) is 101 Å². The van der Waals surface area contributed by atoms with Gasteiger partial charge in [0.25, 0.3) is 10.0 Å². The highest BCUT2D eigenvalue weighted by molar-refractivity contribution is 7.92. The molecule has 7 nitrogen and oxygen atoms in total. The van der Waals surface area contributed by atoms with Gasteiger partial charge in [0.2, 0.25) is 5.82 Å². The molecule has 2 aromatic carbocycles. The normalized spacial score (nSPS) is 11.3. The van der Waals surface area contributed by atoms with Crippen molar-refractivity contribution in [2.75, 3.05) is 4.72 Å². The van der Waals surface area contributed by atoms with Gasteiger partial charge in [0.05, 0.1) is 10.6 Å². The van der Waals surface area contributed by atoms with Gasteiger partial charge in [0.15, 0.2) is 0 Å². The Morgan fingerprint density at radius 2 is 1.77 bits per heavy atom. The first-order valence-electron chi connectivity index (χ1n) is 6.48. The Kier molecular flexibility index (Phi) is 3.60. The highest BCUT2D eigenvalue weighted by Gasteiger charge is 2.17. The van der Waals surface area contributed by atoms with E-state index in [1.807, 2.05) is 6.92 Å². The second-order valence-electron chi connectivity index (χ2n) is 4.70. The lowest BCUT2D eigenvalue weighted by Crippen LogP contribution is -2.13. The molecular formula is C14H13N5O2S. The van der Waals surface area contributed by atoms with Crippen LogP contribution in [0.5, 0.6) is 0 Å². The number of H-pyrrole nitrogens is 1. The first kappa shape index (κ1) is 14.2. The minimum absolute atomic E-state index is 0.195. The molecule has 3 rings (SSSR count). The van der Waals surface area contributed by atoms with Crippen molar-refractivity contribution in [1.82, 2.24) is 20.6 Å². The van der Waals surface area contributed by atoms with Gasteiger partial charge in [-0.05, 0) is 36.4 Å². The second kappa shape index (κ2) is 5.57. The van der Waals surface area contributed by atoms with Gasteiger partial charge < -0.3 is 0 Å². The van der Waals surface area contributed by atoms with Crippen molar-refractivity contribution >= 4 is 15.7 Å². The van der Waals surface area contributed by atoms with Crippen LogP contribution in [-0.2, 0) is 10.0 Å². The number of hydrogen-bond donors (Lipinski definition) is 2. The van der Waals surface area contributed by atoms with Crippen LogP contribution in [-0.4, -0.2) is 29.0 Å². The number of rotatable bonds is 4. The van der Waals surface area contributed by atoms with E-state index in [-0.39, 0.29) is 4.90 Å². The number of aromatic nitrogens is 4. The van der Waals surface area contributed by atoms with Crippen LogP contribution in [0.2, 0.25) is 0 Å². The summed E-state index contributed by atoms with van der Waals surface area (Å²) in [5.41, 5.74) is 1.93. The van der Waals surface area contributed by atoms with E-state index in [0.29, 0.717) is 17.1 Å². The Morgan fingerprint density at radius 3 is 2.45 bits per heavy atom. The molecule has 0 aliphatic rings. The van der Waals surface area contributed by atoms with E-state index in [0.717, 1.165) is 5.56 Å². The summed E-state index contributed by atoms with van der Waals surface area (Å²) in [7, 11) is -3.68. The molecule has 0 spiro atoms. The maximum absolute atomic E-state index is 12.5. The lowest BCUT2D eigenvalue weighted by molar-refractivity contribution is 0.601. The van der Waals surface area contributed by atoms with E-state index in [1.54, 1.807) is 48.5 Å². The van der Waals surface area contributed by atoms with Gasteiger partial charge >= 0.3 is 0 Å². The zero-order valence-electron chi connectivity index (χ0n) is 11.7. The number of nitrogens with one attached hydrogen (secondary N) is 2. The zero-order valence-corrected chi connectivity index (χ0v) is 12.5. The van der Waals surface area contributed by atoms with Gasteiger partial charge in [0.1, 0.15) is 0 Å². The third-order valence-electron chi connectivity index (χ3n) is 3.09. The van der Waals surface area contributed by atoms with Crippen LogP contribution in [0.3, 0.4) is 0 Å². The fourth-order valence-corrected chi connectivity index (χ4v) is 3.04. The summed E-state index contributed by atoms with van der Waals surface area (Å²) in [6.45, 7) is 1.90. The fraction of sp³-hybridized carbons (Fsp3) is 0.0714. The highest BCUT2D eigenvalue weighted by Crippen LogP contribution is 2.26. The summed E-state index contributed by atoms with van der Waals surface area (Å²) in [5, 5.41) is 13.6. The van der Waals surface area contributed by atoms with Gasteiger partial charge in [0, 0.05) is 5.56 Å². The molecule has 112 valence electrons. The Labute approximate surface area is 127 Å². The Morgan fingerprint density at radius 1 is 1.05 bits per heavy atom. The number of tetrazole rings is 1. The maximum atomic E-state index is 12.5. The average Bonchev–Trinajstić information content (AvgIpc) is 3.02. The first-order chi connectivity index (χ1) is 10.6. The van der Waals surface area contributed by atoms with Crippen molar-refractivity contribution in [3.8, 4) is 11.4 Å². The predicted molar refractivity (Wildman–Crippen MR) is 81.6 cm³/mol. The largest absolute Gasteiger partial charge is 0.279 e. The monoisotopic (exact) mass is 315 g/mol. The predicted octanol–water partition coefficient (Wildman–Crippen LogP) is 1.98. The zero-order chi connectivity index (χ0) is 15.6. The minimum Gasteiger partial charge on any atom is -0.279 e. The minimum atomic E-state index is -3.68. The molecule has 0 saturated heterocycles. The number of nitrogens with zero attached hydrogens (tertiary/aromatic N) is 3. The molecule has 8 heteroatoms. The molecule has 0 saturated carbocycles. The van der Waals surface area contributed by atoms with Gasteiger partial charge in [-0.2, -0.15) is 5.21 Å². The maximum Gasteiger partial charge on any atom is 0.261 e. The molecule has 3 aromatic rings. The summed E-state index contributed by atoms with van der Waals surface area (Å²) in [5.74, 6) is 0.321. The molecule has 0 atom stereocenters. The number of benzene rings is 2. The molecule has 0 fully saturated rings. The highest BCUT2D eigenvalue weighted by atomic mass is 32.2. The molecule has 1 heterocycles. The van der Waals surface area contributed by atoms with Crippen LogP contribution in [0.1, 0.15) is 5.56 Å². The number of aryl methyl sites for hydroxylation is 1. The summed E-state index contributed by atoms with van der Waals surface area (Å²) in [4.78, 5) is 0.195. The van der Waals surface area contributed by atoms with Gasteiger partial charge in [-0.3, -0.25) is 4.72 Å². The Bertz CT molecular complexity index is 874. The molecule has 0 aliphatic carbocycles. The molecule has 0 unspecified atom stereocenters. The molecule has 2 N–H and O–H groups in total. The number of anilines is 1. The summed E-state index contributed by atoms with van der Waals surface area (Å²) in [6.07, 6.45) is 0. The molecule has 0 radical (unpaired) electrons. The van der Waals surface area contributed by atoms with Crippen LogP contribution in [0.15, 0.2) is 53.4 Å². The smallest absolute Gasteiger partial charge is 0.261 e. The number of para-hydroxylation sites is 1. The van der Waals surface area contributed by atoms with Gasteiger partial charge in [-0.15, -0.1) is 10.2 Å². The van der Waals surface area contributed by atoms with Crippen LogP contribution < -0.4 is 4.72 Å². The Balaban J connectivity index is 1.98. The van der Waals surface area contributed by atoms with Crippen LogP contribution in [0.4, 0.5) is 5.69 Å². The van der Waals surface area contributed by atoms with Crippen molar-refractivity contribution < 1.29 is 8.42 Å². The van der Waals surface area contributed by atoms with Crippen LogP contribution in [0, 0.1) is 6.92 Å². The summed E-state index contributed by atoms with van der Waals surface area (Å²) in [6, 6.07) is 13.5. The van der Waals surface area contributed by atoms with E-state index < -0.39 is 10.0 Å². The lowest BCUT2D eigenvalue weighted by atomic mass is 10.2. The van der Waals surface area contributed by atoms with Crippen molar-refractivity contribution in [1.29, 1.82) is 0 Å². The van der Waals surface area contributed by atoms with E-state index in [1.165, 1.54) is 0 Å². The third kappa shape index (κ3) is 2.82. The molecule has 0 aliphatic heterocycles. The van der Waals surface area contributed by atoms with Crippen LogP contribution >= 0.6 is 0 Å².